The summed E-state index contributed by atoms with van der Waals surface area (Å²) in [5.74, 6) is 1.64. The van der Waals surface area contributed by atoms with Crippen LogP contribution >= 0.6 is 0 Å². The summed E-state index contributed by atoms with van der Waals surface area (Å²) in [6.07, 6.45) is 2.20. The summed E-state index contributed by atoms with van der Waals surface area (Å²) in [4.78, 5) is 0. The van der Waals surface area contributed by atoms with Crippen molar-refractivity contribution < 1.29 is 9.84 Å². The van der Waals surface area contributed by atoms with Crippen molar-refractivity contribution in [3.63, 3.8) is 0 Å². The largest absolute Gasteiger partial charge is 0.497 e. The standard InChI is InChI=1S/C12H15N3O2/c1-17-11-4-2-10(3-5-11)8-15-9-13-14-12(15)6-7-16/h2-5,9,16H,6-8H2,1H3. The van der Waals surface area contributed by atoms with Gasteiger partial charge >= 0.3 is 0 Å². The highest BCUT2D eigenvalue weighted by molar-refractivity contribution is 5.27. The van der Waals surface area contributed by atoms with Crippen LogP contribution in [0.25, 0.3) is 0 Å². The van der Waals surface area contributed by atoms with Crippen molar-refractivity contribution in [1.29, 1.82) is 0 Å². The van der Waals surface area contributed by atoms with E-state index in [4.69, 9.17) is 9.84 Å². The van der Waals surface area contributed by atoms with Gasteiger partial charge in [-0.3, -0.25) is 0 Å². The maximum absolute atomic E-state index is 8.90. The summed E-state index contributed by atoms with van der Waals surface area (Å²) in [6.45, 7) is 0.785. The van der Waals surface area contributed by atoms with E-state index in [9.17, 15) is 0 Å². The predicted molar refractivity (Wildman–Crippen MR) is 62.9 cm³/mol. The minimum atomic E-state index is 0.0846. The van der Waals surface area contributed by atoms with E-state index in [1.54, 1.807) is 13.4 Å². The molecule has 0 fully saturated rings. The first-order chi connectivity index (χ1) is 8.33. The van der Waals surface area contributed by atoms with E-state index in [2.05, 4.69) is 10.2 Å². The zero-order valence-electron chi connectivity index (χ0n) is 9.71. The van der Waals surface area contributed by atoms with Gasteiger partial charge in [0.2, 0.25) is 0 Å². The van der Waals surface area contributed by atoms with E-state index in [0.29, 0.717) is 13.0 Å². The maximum atomic E-state index is 8.90. The van der Waals surface area contributed by atoms with Crippen LogP contribution in [0.5, 0.6) is 5.75 Å². The number of hydrogen-bond acceptors (Lipinski definition) is 4. The van der Waals surface area contributed by atoms with E-state index in [0.717, 1.165) is 17.1 Å². The highest BCUT2D eigenvalue weighted by Crippen LogP contribution is 2.12. The van der Waals surface area contributed by atoms with Crippen LogP contribution in [0.1, 0.15) is 11.4 Å². The Bertz CT molecular complexity index is 465. The fourth-order valence-electron chi connectivity index (χ4n) is 1.63. The Morgan fingerprint density at radius 2 is 2.06 bits per heavy atom. The molecule has 0 atom stereocenters. The third kappa shape index (κ3) is 2.82. The molecule has 0 saturated heterocycles. The summed E-state index contributed by atoms with van der Waals surface area (Å²) in [6, 6.07) is 7.85. The lowest BCUT2D eigenvalue weighted by atomic mass is 10.2. The molecule has 2 rings (SSSR count). The van der Waals surface area contributed by atoms with Crippen LogP contribution in [0.2, 0.25) is 0 Å². The lowest BCUT2D eigenvalue weighted by molar-refractivity contribution is 0.294. The number of benzene rings is 1. The molecular formula is C12H15N3O2. The molecule has 0 aliphatic heterocycles. The molecule has 0 aliphatic rings. The van der Waals surface area contributed by atoms with Crippen molar-refractivity contribution >= 4 is 0 Å². The molecule has 1 aromatic carbocycles. The van der Waals surface area contributed by atoms with Gasteiger partial charge < -0.3 is 14.4 Å². The molecule has 0 radical (unpaired) electrons. The number of aliphatic hydroxyl groups excluding tert-OH is 1. The third-order valence-electron chi connectivity index (χ3n) is 2.54. The molecule has 5 nitrogen and oxygen atoms in total. The topological polar surface area (TPSA) is 60.2 Å². The number of hydrogen-bond donors (Lipinski definition) is 1. The zero-order chi connectivity index (χ0) is 12.1. The number of ether oxygens (including phenoxy) is 1. The van der Waals surface area contributed by atoms with Crippen LogP contribution in [0.3, 0.4) is 0 Å². The smallest absolute Gasteiger partial charge is 0.135 e. The number of aliphatic hydroxyl groups is 1. The van der Waals surface area contributed by atoms with Gasteiger partial charge in [-0.25, -0.2) is 0 Å². The second-order valence-electron chi connectivity index (χ2n) is 3.70. The average Bonchev–Trinajstić information content (AvgIpc) is 2.78. The van der Waals surface area contributed by atoms with Gasteiger partial charge in [-0.1, -0.05) is 12.1 Å². The van der Waals surface area contributed by atoms with Gasteiger partial charge in [-0.05, 0) is 17.7 Å². The molecule has 17 heavy (non-hydrogen) atoms. The molecule has 0 saturated carbocycles. The average molecular weight is 233 g/mol. The van der Waals surface area contributed by atoms with Gasteiger partial charge in [0.05, 0.1) is 20.3 Å². The van der Waals surface area contributed by atoms with Gasteiger partial charge in [-0.2, -0.15) is 0 Å². The maximum Gasteiger partial charge on any atom is 0.135 e. The van der Waals surface area contributed by atoms with E-state index >= 15 is 0 Å². The second-order valence-corrected chi connectivity index (χ2v) is 3.70. The Balaban J connectivity index is 2.10. The Morgan fingerprint density at radius 1 is 1.29 bits per heavy atom. The minimum absolute atomic E-state index is 0.0846. The molecule has 0 spiro atoms. The fourth-order valence-corrected chi connectivity index (χ4v) is 1.63. The molecule has 1 aromatic heterocycles. The number of methoxy groups -OCH3 is 1. The summed E-state index contributed by atoms with van der Waals surface area (Å²) in [5, 5.41) is 16.7. The van der Waals surface area contributed by atoms with Crippen molar-refractivity contribution in [3.8, 4) is 5.75 Å². The Labute approximate surface area is 99.7 Å². The monoisotopic (exact) mass is 233 g/mol. The summed E-state index contributed by atoms with van der Waals surface area (Å²) in [5.41, 5.74) is 1.14. The minimum Gasteiger partial charge on any atom is -0.497 e. The molecule has 0 bridgehead atoms. The predicted octanol–water partition coefficient (Wildman–Crippen LogP) is 0.870. The van der Waals surface area contributed by atoms with Gasteiger partial charge in [0.15, 0.2) is 0 Å². The van der Waals surface area contributed by atoms with Crippen molar-refractivity contribution in [2.24, 2.45) is 0 Å². The number of rotatable bonds is 5. The summed E-state index contributed by atoms with van der Waals surface area (Å²) < 4.78 is 7.03. The van der Waals surface area contributed by atoms with Crippen LogP contribution in [0.15, 0.2) is 30.6 Å². The van der Waals surface area contributed by atoms with Gasteiger partial charge in [-0.15, -0.1) is 10.2 Å². The van der Waals surface area contributed by atoms with Crippen molar-refractivity contribution in [2.45, 2.75) is 13.0 Å². The molecule has 0 unspecified atom stereocenters. The third-order valence-corrected chi connectivity index (χ3v) is 2.54. The second kappa shape index (κ2) is 5.45. The van der Waals surface area contributed by atoms with Gasteiger partial charge in [0.1, 0.15) is 17.9 Å². The number of nitrogens with zero attached hydrogens (tertiary/aromatic N) is 3. The summed E-state index contributed by atoms with van der Waals surface area (Å²) >= 11 is 0. The molecule has 2 aromatic rings. The first-order valence-corrected chi connectivity index (χ1v) is 5.44. The first-order valence-electron chi connectivity index (χ1n) is 5.44. The lowest BCUT2D eigenvalue weighted by Gasteiger charge is -2.06. The van der Waals surface area contributed by atoms with Gasteiger partial charge in [0, 0.05) is 6.42 Å². The molecule has 0 amide bonds. The molecule has 90 valence electrons. The Kier molecular flexibility index (Phi) is 3.72. The van der Waals surface area contributed by atoms with E-state index in [1.807, 2.05) is 28.8 Å². The lowest BCUT2D eigenvalue weighted by Crippen LogP contribution is -2.06. The fraction of sp³-hybridized carbons (Fsp3) is 0.333. The summed E-state index contributed by atoms with van der Waals surface area (Å²) in [7, 11) is 1.65. The zero-order valence-corrected chi connectivity index (χ0v) is 9.71. The molecule has 1 heterocycles. The first kappa shape index (κ1) is 11.6. The van der Waals surface area contributed by atoms with E-state index in [1.165, 1.54) is 0 Å². The Morgan fingerprint density at radius 3 is 2.71 bits per heavy atom. The van der Waals surface area contributed by atoms with E-state index < -0.39 is 0 Å². The Hall–Kier alpha value is -1.88. The van der Waals surface area contributed by atoms with Crippen molar-refractivity contribution in [2.75, 3.05) is 13.7 Å². The van der Waals surface area contributed by atoms with Crippen LogP contribution in [0, 0.1) is 0 Å². The van der Waals surface area contributed by atoms with Crippen molar-refractivity contribution in [3.05, 3.63) is 42.0 Å². The number of aromatic nitrogens is 3. The molecule has 0 aliphatic carbocycles. The quantitative estimate of drug-likeness (QED) is 0.832. The molecule has 1 N–H and O–H groups in total. The molecule has 5 heteroatoms. The van der Waals surface area contributed by atoms with Crippen molar-refractivity contribution in [1.82, 2.24) is 14.8 Å². The van der Waals surface area contributed by atoms with E-state index in [-0.39, 0.29) is 6.61 Å². The highest BCUT2D eigenvalue weighted by Gasteiger charge is 2.04. The van der Waals surface area contributed by atoms with Crippen LogP contribution in [0.4, 0.5) is 0 Å². The van der Waals surface area contributed by atoms with Crippen LogP contribution in [-0.2, 0) is 13.0 Å². The van der Waals surface area contributed by atoms with Crippen LogP contribution < -0.4 is 4.74 Å². The SMILES string of the molecule is COc1ccc(Cn2cnnc2CCO)cc1. The van der Waals surface area contributed by atoms with Crippen LogP contribution in [-0.4, -0.2) is 33.6 Å². The normalized spacial score (nSPS) is 10.5. The molecular weight excluding hydrogens is 218 g/mol. The van der Waals surface area contributed by atoms with Gasteiger partial charge in [0.25, 0.3) is 0 Å². The highest BCUT2D eigenvalue weighted by atomic mass is 16.5.